The lowest BCUT2D eigenvalue weighted by atomic mass is 10.2. The molecule has 11 heavy (non-hydrogen) atoms. The van der Waals surface area contributed by atoms with Crippen molar-refractivity contribution in [3.05, 3.63) is 0 Å². The molecule has 1 aliphatic heterocycles. The minimum atomic E-state index is -4.16. The van der Waals surface area contributed by atoms with E-state index in [0.29, 0.717) is 6.42 Å². The van der Waals surface area contributed by atoms with Gasteiger partial charge in [-0.2, -0.15) is 13.2 Å². The molecule has 0 aromatic heterocycles. The molecule has 0 amide bonds. The van der Waals surface area contributed by atoms with E-state index in [1.165, 1.54) is 0 Å². The fraction of sp³-hybridized carbons (Fsp3) is 1.00. The summed E-state index contributed by atoms with van der Waals surface area (Å²) in [5.41, 5.74) is 0. The number of rotatable bonds is 1. The minimum absolute atomic E-state index is 0.0781. The van der Waals surface area contributed by atoms with E-state index >= 15 is 0 Å². The lowest BCUT2D eigenvalue weighted by molar-refractivity contribution is -0.152. The SMILES string of the molecule is OC[C@@H]1CC[C@H](C(F)(F)F)N1. The van der Waals surface area contributed by atoms with Gasteiger partial charge in [0.1, 0.15) is 6.04 Å². The Bertz CT molecular complexity index is 136. The Balaban J connectivity index is 2.42. The molecule has 0 bridgehead atoms. The molecule has 0 unspecified atom stereocenters. The first-order chi connectivity index (χ1) is 5.04. The van der Waals surface area contributed by atoms with Crippen molar-refractivity contribution in [2.45, 2.75) is 31.1 Å². The Morgan fingerprint density at radius 1 is 1.36 bits per heavy atom. The summed E-state index contributed by atoms with van der Waals surface area (Å²) in [4.78, 5) is 0. The van der Waals surface area contributed by atoms with Gasteiger partial charge in [-0.1, -0.05) is 0 Å². The molecular formula is C6H10F3NO. The molecule has 0 aromatic rings. The average Bonchev–Trinajstić information content (AvgIpc) is 2.32. The Hall–Kier alpha value is -0.290. The first-order valence-corrected chi connectivity index (χ1v) is 3.47. The van der Waals surface area contributed by atoms with Crippen LogP contribution in [0.2, 0.25) is 0 Å². The van der Waals surface area contributed by atoms with E-state index in [0.717, 1.165) is 0 Å². The van der Waals surface area contributed by atoms with Gasteiger partial charge in [-0.15, -0.1) is 0 Å². The van der Waals surface area contributed by atoms with Gasteiger partial charge in [0.25, 0.3) is 0 Å². The maximum absolute atomic E-state index is 11.9. The summed E-state index contributed by atoms with van der Waals surface area (Å²) >= 11 is 0. The number of halogens is 3. The van der Waals surface area contributed by atoms with Crippen molar-refractivity contribution in [3.8, 4) is 0 Å². The normalized spacial score (nSPS) is 32.7. The Morgan fingerprint density at radius 3 is 2.27 bits per heavy atom. The van der Waals surface area contributed by atoms with Gasteiger partial charge in [-0.3, -0.25) is 0 Å². The highest BCUT2D eigenvalue weighted by atomic mass is 19.4. The zero-order chi connectivity index (χ0) is 8.48. The summed E-state index contributed by atoms with van der Waals surface area (Å²) in [5.74, 6) is 0. The second kappa shape index (κ2) is 2.98. The molecular weight excluding hydrogens is 159 g/mol. The van der Waals surface area contributed by atoms with Crippen molar-refractivity contribution in [1.29, 1.82) is 0 Å². The first kappa shape index (κ1) is 8.80. The molecule has 1 fully saturated rings. The molecule has 1 aliphatic rings. The highest BCUT2D eigenvalue weighted by Gasteiger charge is 2.43. The zero-order valence-corrected chi connectivity index (χ0v) is 5.86. The Morgan fingerprint density at radius 2 is 2.00 bits per heavy atom. The van der Waals surface area contributed by atoms with Crippen LogP contribution < -0.4 is 5.32 Å². The monoisotopic (exact) mass is 169 g/mol. The van der Waals surface area contributed by atoms with Gasteiger partial charge in [-0.25, -0.2) is 0 Å². The molecule has 2 N–H and O–H groups in total. The maximum atomic E-state index is 11.9. The summed E-state index contributed by atoms with van der Waals surface area (Å²) in [5, 5.41) is 10.8. The van der Waals surface area contributed by atoms with Crippen LogP contribution in [0.1, 0.15) is 12.8 Å². The second-order valence-electron chi connectivity index (χ2n) is 2.72. The third-order valence-electron chi connectivity index (χ3n) is 1.86. The lowest BCUT2D eigenvalue weighted by Crippen LogP contribution is -2.41. The van der Waals surface area contributed by atoms with Gasteiger partial charge in [0.15, 0.2) is 0 Å². The van der Waals surface area contributed by atoms with E-state index in [1.54, 1.807) is 0 Å². The summed E-state index contributed by atoms with van der Waals surface area (Å²) in [6.07, 6.45) is -3.68. The lowest BCUT2D eigenvalue weighted by Gasteiger charge is -2.15. The third kappa shape index (κ3) is 2.07. The van der Waals surface area contributed by atoms with Crippen LogP contribution in [0.3, 0.4) is 0 Å². The van der Waals surface area contributed by atoms with Gasteiger partial charge in [0.2, 0.25) is 0 Å². The van der Waals surface area contributed by atoms with Crippen LogP contribution in [-0.4, -0.2) is 30.0 Å². The molecule has 0 spiro atoms. The van der Waals surface area contributed by atoms with Gasteiger partial charge in [-0.05, 0) is 12.8 Å². The van der Waals surface area contributed by atoms with E-state index in [9.17, 15) is 13.2 Å². The van der Waals surface area contributed by atoms with Gasteiger partial charge < -0.3 is 10.4 Å². The van der Waals surface area contributed by atoms with Crippen LogP contribution in [0.5, 0.6) is 0 Å². The molecule has 0 saturated carbocycles. The molecule has 1 saturated heterocycles. The number of aliphatic hydroxyl groups is 1. The van der Waals surface area contributed by atoms with E-state index in [-0.39, 0.29) is 19.1 Å². The number of nitrogens with one attached hydrogen (secondary N) is 1. The number of hydrogen-bond donors (Lipinski definition) is 2. The van der Waals surface area contributed by atoms with E-state index in [4.69, 9.17) is 5.11 Å². The predicted molar refractivity (Wildman–Crippen MR) is 33.1 cm³/mol. The molecule has 1 rings (SSSR count). The molecule has 2 atom stereocenters. The van der Waals surface area contributed by atoms with Crippen molar-refractivity contribution in [1.82, 2.24) is 5.32 Å². The van der Waals surface area contributed by atoms with Crippen molar-refractivity contribution in [2.75, 3.05) is 6.61 Å². The number of hydrogen-bond acceptors (Lipinski definition) is 2. The average molecular weight is 169 g/mol. The van der Waals surface area contributed by atoms with Gasteiger partial charge >= 0.3 is 6.18 Å². The zero-order valence-electron chi connectivity index (χ0n) is 5.86. The highest BCUT2D eigenvalue weighted by molar-refractivity contribution is 4.87. The maximum Gasteiger partial charge on any atom is 0.403 e. The van der Waals surface area contributed by atoms with Crippen LogP contribution in [0.25, 0.3) is 0 Å². The first-order valence-electron chi connectivity index (χ1n) is 3.47. The summed E-state index contributed by atoms with van der Waals surface area (Å²) in [7, 11) is 0. The second-order valence-corrected chi connectivity index (χ2v) is 2.72. The smallest absolute Gasteiger partial charge is 0.395 e. The predicted octanol–water partition coefficient (Wildman–Crippen LogP) is 0.662. The highest BCUT2D eigenvalue weighted by Crippen LogP contribution is 2.28. The molecule has 0 aromatic carbocycles. The van der Waals surface area contributed by atoms with E-state index < -0.39 is 12.2 Å². The van der Waals surface area contributed by atoms with Crippen LogP contribution >= 0.6 is 0 Å². The Kier molecular flexibility index (Phi) is 2.39. The molecule has 0 radical (unpaired) electrons. The van der Waals surface area contributed by atoms with Gasteiger partial charge in [0.05, 0.1) is 6.61 Å². The summed E-state index contributed by atoms with van der Waals surface area (Å²) in [6, 6.07) is -1.79. The van der Waals surface area contributed by atoms with Crippen molar-refractivity contribution >= 4 is 0 Å². The summed E-state index contributed by atoms with van der Waals surface area (Å²) in [6.45, 7) is -0.216. The van der Waals surface area contributed by atoms with E-state index in [2.05, 4.69) is 5.32 Å². The van der Waals surface area contributed by atoms with Crippen LogP contribution in [0.15, 0.2) is 0 Å². The fourth-order valence-corrected chi connectivity index (χ4v) is 1.22. The topological polar surface area (TPSA) is 32.3 Å². The summed E-state index contributed by atoms with van der Waals surface area (Å²) < 4.78 is 35.8. The molecule has 5 heteroatoms. The molecule has 0 aliphatic carbocycles. The van der Waals surface area contributed by atoms with Crippen LogP contribution in [0.4, 0.5) is 13.2 Å². The molecule has 66 valence electrons. The Labute approximate surface area is 62.4 Å². The van der Waals surface area contributed by atoms with Crippen LogP contribution in [-0.2, 0) is 0 Å². The fourth-order valence-electron chi connectivity index (χ4n) is 1.22. The van der Waals surface area contributed by atoms with E-state index in [1.807, 2.05) is 0 Å². The van der Waals surface area contributed by atoms with Gasteiger partial charge in [0, 0.05) is 6.04 Å². The standard InChI is InChI=1S/C6H10F3NO/c7-6(8,9)5-2-1-4(3-11)10-5/h4-5,10-11H,1-3H2/t4-,5+/m0/s1. The molecule has 1 heterocycles. The minimum Gasteiger partial charge on any atom is -0.395 e. The van der Waals surface area contributed by atoms with Crippen LogP contribution in [0, 0.1) is 0 Å². The number of aliphatic hydroxyl groups excluding tert-OH is 1. The molecule has 2 nitrogen and oxygen atoms in total. The quantitative estimate of drug-likeness (QED) is 0.604. The number of alkyl halides is 3. The van der Waals surface area contributed by atoms with Crippen molar-refractivity contribution in [2.24, 2.45) is 0 Å². The van der Waals surface area contributed by atoms with Crippen molar-refractivity contribution < 1.29 is 18.3 Å². The van der Waals surface area contributed by atoms with Crippen molar-refractivity contribution in [3.63, 3.8) is 0 Å². The largest absolute Gasteiger partial charge is 0.403 e. The third-order valence-corrected chi connectivity index (χ3v) is 1.86.